The summed E-state index contributed by atoms with van der Waals surface area (Å²) in [5.41, 5.74) is 1.90. The second-order valence-corrected chi connectivity index (χ2v) is 6.90. The Labute approximate surface area is 161 Å². The van der Waals surface area contributed by atoms with E-state index in [1.807, 2.05) is 45.0 Å². The van der Waals surface area contributed by atoms with Crippen molar-refractivity contribution < 1.29 is 19.1 Å². The molecule has 2 amide bonds. The number of benzene rings is 1. The lowest BCUT2D eigenvalue weighted by Gasteiger charge is -2.30. The molecule has 1 heterocycles. The molecule has 6 nitrogen and oxygen atoms in total. The van der Waals surface area contributed by atoms with E-state index in [2.05, 4.69) is 17.6 Å². The highest BCUT2D eigenvalue weighted by Crippen LogP contribution is 2.30. The van der Waals surface area contributed by atoms with Crippen molar-refractivity contribution in [3.8, 4) is 5.75 Å². The fourth-order valence-electron chi connectivity index (χ4n) is 2.92. The second kappa shape index (κ2) is 10.00. The fourth-order valence-corrected chi connectivity index (χ4v) is 2.92. The maximum Gasteiger partial charge on any atom is 0.338 e. The van der Waals surface area contributed by atoms with E-state index in [0.717, 1.165) is 30.6 Å². The van der Waals surface area contributed by atoms with Crippen molar-refractivity contribution in [1.29, 1.82) is 0 Å². The number of ether oxygens (including phenoxy) is 2. The molecule has 1 aromatic rings. The minimum Gasteiger partial charge on any atom is -0.494 e. The van der Waals surface area contributed by atoms with Crippen LogP contribution in [-0.2, 0) is 9.53 Å². The summed E-state index contributed by atoms with van der Waals surface area (Å²) >= 11 is 0. The summed E-state index contributed by atoms with van der Waals surface area (Å²) in [6.07, 6.45) is 3.25. The van der Waals surface area contributed by atoms with Gasteiger partial charge < -0.3 is 20.1 Å². The minimum absolute atomic E-state index is 0.236. The van der Waals surface area contributed by atoms with Gasteiger partial charge in [0, 0.05) is 5.70 Å². The van der Waals surface area contributed by atoms with Crippen molar-refractivity contribution in [2.45, 2.75) is 65.5 Å². The summed E-state index contributed by atoms with van der Waals surface area (Å²) in [5.74, 6) is 0.366. The number of hydrogen-bond acceptors (Lipinski definition) is 4. The molecule has 1 atom stereocenters. The van der Waals surface area contributed by atoms with E-state index in [9.17, 15) is 9.59 Å². The van der Waals surface area contributed by atoms with Gasteiger partial charge in [0.2, 0.25) is 0 Å². The number of carbonyl (C=O) groups is 2. The van der Waals surface area contributed by atoms with Crippen molar-refractivity contribution >= 4 is 12.0 Å². The number of nitrogens with one attached hydrogen (secondary N) is 2. The topological polar surface area (TPSA) is 76.7 Å². The van der Waals surface area contributed by atoms with Gasteiger partial charge >= 0.3 is 12.0 Å². The number of unbranched alkanes of at least 4 members (excludes halogenated alkanes) is 1. The molecule has 0 aliphatic carbocycles. The number of esters is 1. The van der Waals surface area contributed by atoms with Gasteiger partial charge in [-0.25, -0.2) is 9.59 Å². The van der Waals surface area contributed by atoms with Crippen molar-refractivity contribution in [3.63, 3.8) is 0 Å². The second-order valence-electron chi connectivity index (χ2n) is 6.90. The SMILES string of the molecule is CCCCOc1ccc(C2NC(=O)NC(CCC)=C2C(=O)OC(C)C)cc1. The summed E-state index contributed by atoms with van der Waals surface area (Å²) in [4.78, 5) is 24.9. The summed E-state index contributed by atoms with van der Waals surface area (Å²) in [7, 11) is 0. The van der Waals surface area contributed by atoms with E-state index < -0.39 is 12.0 Å². The van der Waals surface area contributed by atoms with Gasteiger partial charge in [-0.2, -0.15) is 0 Å². The Hall–Kier alpha value is -2.50. The van der Waals surface area contributed by atoms with Crippen LogP contribution in [-0.4, -0.2) is 24.7 Å². The van der Waals surface area contributed by atoms with Crippen LogP contribution in [0.25, 0.3) is 0 Å². The molecule has 0 saturated carbocycles. The third kappa shape index (κ3) is 5.74. The predicted octanol–water partition coefficient (Wildman–Crippen LogP) is 4.23. The Kier molecular flexibility index (Phi) is 7.70. The number of carbonyl (C=O) groups excluding carboxylic acids is 2. The number of rotatable bonds is 9. The fraction of sp³-hybridized carbons (Fsp3) is 0.524. The van der Waals surface area contributed by atoms with E-state index in [1.165, 1.54) is 0 Å². The molecule has 1 aliphatic rings. The molecule has 0 bridgehead atoms. The minimum atomic E-state index is -0.545. The first-order chi connectivity index (χ1) is 13.0. The van der Waals surface area contributed by atoms with Crippen LogP contribution in [0.4, 0.5) is 4.79 Å². The molecule has 6 heteroatoms. The summed E-state index contributed by atoms with van der Waals surface area (Å²) < 4.78 is 11.1. The van der Waals surface area contributed by atoms with Gasteiger partial charge in [0.05, 0.1) is 24.3 Å². The molecule has 0 saturated heterocycles. The highest BCUT2D eigenvalue weighted by molar-refractivity contribution is 5.95. The zero-order valence-electron chi connectivity index (χ0n) is 16.6. The average Bonchev–Trinajstić information content (AvgIpc) is 2.61. The third-order valence-electron chi connectivity index (χ3n) is 4.20. The normalized spacial score (nSPS) is 16.8. The van der Waals surface area contributed by atoms with Crippen LogP contribution in [0.1, 0.15) is 65.0 Å². The van der Waals surface area contributed by atoms with Crippen LogP contribution < -0.4 is 15.4 Å². The van der Waals surface area contributed by atoms with E-state index in [1.54, 1.807) is 0 Å². The first kappa shape index (κ1) is 20.8. The van der Waals surface area contributed by atoms with Gasteiger partial charge in [0.15, 0.2) is 0 Å². The molecule has 0 fully saturated rings. The van der Waals surface area contributed by atoms with Crippen molar-refractivity contribution in [2.24, 2.45) is 0 Å². The Bertz CT molecular complexity index is 680. The smallest absolute Gasteiger partial charge is 0.338 e. The third-order valence-corrected chi connectivity index (χ3v) is 4.20. The van der Waals surface area contributed by atoms with Crippen molar-refractivity contribution in [2.75, 3.05) is 6.61 Å². The zero-order chi connectivity index (χ0) is 19.8. The number of hydrogen-bond donors (Lipinski definition) is 2. The van der Waals surface area contributed by atoms with Crippen LogP contribution in [0.15, 0.2) is 35.5 Å². The number of urea groups is 1. The van der Waals surface area contributed by atoms with Crippen molar-refractivity contribution in [1.82, 2.24) is 10.6 Å². The van der Waals surface area contributed by atoms with Crippen molar-refractivity contribution in [3.05, 3.63) is 41.1 Å². The largest absolute Gasteiger partial charge is 0.494 e. The monoisotopic (exact) mass is 374 g/mol. The molecular weight excluding hydrogens is 344 g/mol. The molecule has 0 radical (unpaired) electrons. The van der Waals surface area contributed by atoms with Gasteiger partial charge in [0.25, 0.3) is 0 Å². The molecule has 1 aliphatic heterocycles. The van der Waals surface area contributed by atoms with E-state index in [0.29, 0.717) is 24.3 Å². The number of allylic oxidation sites excluding steroid dienone is 1. The molecule has 0 aromatic heterocycles. The molecular formula is C21H30N2O4. The van der Waals surface area contributed by atoms with Gasteiger partial charge in [-0.1, -0.05) is 38.8 Å². The van der Waals surface area contributed by atoms with E-state index in [4.69, 9.17) is 9.47 Å². The zero-order valence-corrected chi connectivity index (χ0v) is 16.6. The maximum atomic E-state index is 12.7. The number of amides is 2. The van der Waals surface area contributed by atoms with Gasteiger partial charge in [0.1, 0.15) is 5.75 Å². The Morgan fingerprint density at radius 1 is 1.15 bits per heavy atom. The first-order valence-corrected chi connectivity index (χ1v) is 9.70. The van der Waals surface area contributed by atoms with Gasteiger partial charge in [-0.3, -0.25) is 0 Å². The highest BCUT2D eigenvalue weighted by atomic mass is 16.5. The van der Waals surface area contributed by atoms with Gasteiger partial charge in [-0.15, -0.1) is 0 Å². The molecule has 148 valence electrons. The van der Waals surface area contributed by atoms with E-state index in [-0.39, 0.29) is 12.1 Å². The summed E-state index contributed by atoms with van der Waals surface area (Å²) in [6, 6.07) is 6.63. The summed E-state index contributed by atoms with van der Waals surface area (Å²) in [5, 5.41) is 5.62. The molecule has 2 rings (SSSR count). The quantitative estimate of drug-likeness (QED) is 0.501. The maximum absolute atomic E-state index is 12.7. The van der Waals surface area contributed by atoms with E-state index >= 15 is 0 Å². The average molecular weight is 374 g/mol. The standard InChI is InChI=1S/C21H30N2O4/c1-5-7-13-26-16-11-9-15(10-12-16)19-18(20(24)27-14(3)4)17(8-6-2)22-21(25)23-19/h9-12,14,19H,5-8,13H2,1-4H3,(H2,22,23,25). The summed E-state index contributed by atoms with van der Waals surface area (Å²) in [6.45, 7) is 8.41. The van der Waals surface area contributed by atoms with Crippen LogP contribution in [0.5, 0.6) is 5.75 Å². The van der Waals surface area contributed by atoms with Crippen LogP contribution in [0.3, 0.4) is 0 Å². The van der Waals surface area contributed by atoms with Crippen LogP contribution >= 0.6 is 0 Å². The highest BCUT2D eigenvalue weighted by Gasteiger charge is 2.33. The molecule has 0 spiro atoms. The Morgan fingerprint density at radius 2 is 1.85 bits per heavy atom. The first-order valence-electron chi connectivity index (χ1n) is 9.70. The molecule has 2 N–H and O–H groups in total. The predicted molar refractivity (Wildman–Crippen MR) is 104 cm³/mol. The Morgan fingerprint density at radius 3 is 2.44 bits per heavy atom. The molecule has 1 aromatic carbocycles. The lowest BCUT2D eigenvalue weighted by molar-refractivity contribution is -0.143. The lowest BCUT2D eigenvalue weighted by atomic mass is 9.93. The lowest BCUT2D eigenvalue weighted by Crippen LogP contribution is -2.46. The molecule has 1 unspecified atom stereocenters. The Balaban J connectivity index is 2.31. The van der Waals surface area contributed by atoms with Crippen LogP contribution in [0.2, 0.25) is 0 Å². The van der Waals surface area contributed by atoms with Crippen LogP contribution in [0, 0.1) is 0 Å². The molecule has 27 heavy (non-hydrogen) atoms. The van der Waals surface area contributed by atoms with Gasteiger partial charge in [-0.05, 0) is 44.4 Å².